The molecular formula is C19H20N4OS. The summed E-state index contributed by atoms with van der Waals surface area (Å²) in [5, 5.41) is 7.80. The molecular weight excluding hydrogens is 332 g/mol. The molecule has 25 heavy (non-hydrogen) atoms. The van der Waals surface area contributed by atoms with Crippen molar-refractivity contribution < 1.29 is 4.79 Å². The first-order valence-corrected chi connectivity index (χ1v) is 9.46. The molecule has 0 aliphatic carbocycles. The smallest absolute Gasteiger partial charge is 0.238 e. The van der Waals surface area contributed by atoms with E-state index in [1.807, 2.05) is 36.7 Å². The normalized spacial score (nSPS) is 20.0. The lowest BCUT2D eigenvalue weighted by Crippen LogP contribution is -2.43. The van der Waals surface area contributed by atoms with E-state index in [1.54, 1.807) is 18.0 Å². The Morgan fingerprint density at radius 1 is 1.28 bits per heavy atom. The van der Waals surface area contributed by atoms with Crippen molar-refractivity contribution in [3.8, 4) is 0 Å². The van der Waals surface area contributed by atoms with Crippen molar-refractivity contribution >= 4 is 28.6 Å². The molecule has 0 saturated carbocycles. The van der Waals surface area contributed by atoms with Gasteiger partial charge in [0.05, 0.1) is 11.4 Å². The van der Waals surface area contributed by atoms with Crippen LogP contribution < -0.4 is 10.6 Å². The number of rotatable bonds is 5. The number of aromatic amines is 1. The van der Waals surface area contributed by atoms with E-state index in [9.17, 15) is 4.79 Å². The van der Waals surface area contributed by atoms with Crippen molar-refractivity contribution in [2.75, 3.05) is 12.3 Å². The minimum atomic E-state index is -0.154. The number of carbonyl (C=O) groups is 1. The molecule has 2 unspecified atom stereocenters. The number of pyridine rings is 1. The van der Waals surface area contributed by atoms with Crippen molar-refractivity contribution in [2.45, 2.75) is 17.8 Å². The molecule has 4 rings (SSSR count). The lowest BCUT2D eigenvalue weighted by Gasteiger charge is -2.13. The van der Waals surface area contributed by atoms with Gasteiger partial charge in [-0.1, -0.05) is 24.3 Å². The van der Waals surface area contributed by atoms with E-state index in [-0.39, 0.29) is 17.3 Å². The van der Waals surface area contributed by atoms with Crippen molar-refractivity contribution in [3.63, 3.8) is 0 Å². The van der Waals surface area contributed by atoms with Gasteiger partial charge in [-0.2, -0.15) is 0 Å². The standard InChI is InChI=1S/C19H20N4OS/c24-18(17-12-25-19(23-17)14-4-3-8-20-10-14)21-9-7-13-11-22-16-6-2-1-5-15(13)16/h1-6,8,10-11,17,19,22-23H,7,9,12H2,(H,21,24). The van der Waals surface area contributed by atoms with E-state index in [0.29, 0.717) is 6.54 Å². The molecule has 1 amide bonds. The van der Waals surface area contributed by atoms with Gasteiger partial charge in [-0.3, -0.25) is 15.1 Å². The quantitative estimate of drug-likeness (QED) is 0.660. The van der Waals surface area contributed by atoms with E-state index in [1.165, 1.54) is 10.9 Å². The number of fused-ring (bicyclic) bond motifs is 1. The number of para-hydroxylation sites is 1. The molecule has 0 radical (unpaired) electrons. The molecule has 1 aliphatic heterocycles. The van der Waals surface area contributed by atoms with Gasteiger partial charge in [-0.05, 0) is 29.7 Å². The zero-order valence-electron chi connectivity index (χ0n) is 13.7. The van der Waals surface area contributed by atoms with Crippen LogP contribution in [0.15, 0.2) is 55.0 Å². The monoisotopic (exact) mass is 352 g/mol. The second kappa shape index (κ2) is 7.29. The summed E-state index contributed by atoms with van der Waals surface area (Å²) in [7, 11) is 0. The summed E-state index contributed by atoms with van der Waals surface area (Å²) in [4.78, 5) is 19.8. The maximum atomic E-state index is 12.4. The minimum absolute atomic E-state index is 0.0683. The zero-order valence-corrected chi connectivity index (χ0v) is 14.6. The Labute approximate surface area is 150 Å². The molecule has 0 bridgehead atoms. The number of nitrogens with zero attached hydrogens (tertiary/aromatic N) is 1. The second-order valence-electron chi connectivity index (χ2n) is 6.12. The van der Waals surface area contributed by atoms with Gasteiger partial charge in [0.25, 0.3) is 0 Å². The number of nitrogens with one attached hydrogen (secondary N) is 3. The third-order valence-electron chi connectivity index (χ3n) is 4.45. The van der Waals surface area contributed by atoms with Crippen molar-refractivity contribution in [3.05, 3.63) is 66.1 Å². The number of thioether (sulfide) groups is 1. The minimum Gasteiger partial charge on any atom is -0.361 e. The number of benzene rings is 1. The number of carbonyl (C=O) groups excluding carboxylic acids is 1. The molecule has 5 nitrogen and oxygen atoms in total. The summed E-state index contributed by atoms with van der Waals surface area (Å²) in [5.74, 6) is 0.845. The molecule has 1 aliphatic rings. The number of hydrogen-bond acceptors (Lipinski definition) is 4. The van der Waals surface area contributed by atoms with Crippen LogP contribution >= 0.6 is 11.8 Å². The van der Waals surface area contributed by atoms with Gasteiger partial charge in [0, 0.05) is 41.8 Å². The molecule has 0 spiro atoms. The van der Waals surface area contributed by atoms with E-state index >= 15 is 0 Å². The summed E-state index contributed by atoms with van der Waals surface area (Å²) in [6, 6.07) is 12.0. The average Bonchev–Trinajstić information content (AvgIpc) is 3.30. The van der Waals surface area contributed by atoms with Gasteiger partial charge in [0.2, 0.25) is 5.91 Å². The lowest BCUT2D eigenvalue weighted by atomic mass is 10.1. The topological polar surface area (TPSA) is 69.8 Å². The SMILES string of the molecule is O=C(NCCc1c[nH]c2ccccc12)C1CSC(c2cccnc2)N1. The predicted molar refractivity (Wildman–Crippen MR) is 101 cm³/mol. The van der Waals surface area contributed by atoms with E-state index in [4.69, 9.17) is 0 Å². The Balaban J connectivity index is 1.30. The highest BCUT2D eigenvalue weighted by Gasteiger charge is 2.30. The first-order valence-electron chi connectivity index (χ1n) is 8.41. The van der Waals surface area contributed by atoms with Crippen molar-refractivity contribution in [1.82, 2.24) is 20.6 Å². The molecule has 128 valence electrons. The average molecular weight is 352 g/mol. The third-order valence-corrected chi connectivity index (χ3v) is 5.72. The molecule has 3 aromatic rings. The molecule has 2 aromatic heterocycles. The van der Waals surface area contributed by atoms with Gasteiger partial charge in [0.15, 0.2) is 0 Å². The Hall–Kier alpha value is -2.31. The number of amides is 1. The van der Waals surface area contributed by atoms with E-state index in [2.05, 4.69) is 32.7 Å². The summed E-state index contributed by atoms with van der Waals surface area (Å²) in [5.41, 5.74) is 3.48. The molecule has 1 saturated heterocycles. The Morgan fingerprint density at radius 2 is 2.20 bits per heavy atom. The van der Waals surface area contributed by atoms with Gasteiger partial charge < -0.3 is 10.3 Å². The third kappa shape index (κ3) is 3.55. The summed E-state index contributed by atoms with van der Waals surface area (Å²) in [6.45, 7) is 0.640. The van der Waals surface area contributed by atoms with Crippen LogP contribution in [-0.4, -0.2) is 34.2 Å². The lowest BCUT2D eigenvalue weighted by molar-refractivity contribution is -0.122. The highest BCUT2D eigenvalue weighted by atomic mass is 32.2. The Bertz CT molecular complexity index is 864. The summed E-state index contributed by atoms with van der Waals surface area (Å²) >= 11 is 1.75. The fourth-order valence-corrected chi connectivity index (χ4v) is 4.35. The summed E-state index contributed by atoms with van der Waals surface area (Å²) in [6.07, 6.45) is 6.46. The van der Waals surface area contributed by atoms with Gasteiger partial charge in [-0.15, -0.1) is 11.8 Å². The van der Waals surface area contributed by atoms with E-state index < -0.39 is 0 Å². The van der Waals surface area contributed by atoms with E-state index in [0.717, 1.165) is 23.3 Å². The van der Waals surface area contributed by atoms with Crippen LogP contribution in [0.1, 0.15) is 16.5 Å². The maximum absolute atomic E-state index is 12.4. The highest BCUT2D eigenvalue weighted by Crippen LogP contribution is 2.32. The second-order valence-corrected chi connectivity index (χ2v) is 7.26. The largest absolute Gasteiger partial charge is 0.361 e. The highest BCUT2D eigenvalue weighted by molar-refractivity contribution is 7.99. The van der Waals surface area contributed by atoms with Gasteiger partial charge in [0.1, 0.15) is 0 Å². The Morgan fingerprint density at radius 3 is 3.08 bits per heavy atom. The van der Waals surface area contributed by atoms with Gasteiger partial charge in [-0.25, -0.2) is 0 Å². The predicted octanol–water partition coefficient (Wildman–Crippen LogP) is 2.63. The molecule has 1 aromatic carbocycles. The maximum Gasteiger partial charge on any atom is 0.238 e. The van der Waals surface area contributed by atoms with Crippen LogP contribution in [0.3, 0.4) is 0 Å². The zero-order chi connectivity index (χ0) is 17.1. The van der Waals surface area contributed by atoms with Crippen LogP contribution in [0.4, 0.5) is 0 Å². The van der Waals surface area contributed by atoms with Crippen LogP contribution in [0.25, 0.3) is 10.9 Å². The van der Waals surface area contributed by atoms with Gasteiger partial charge >= 0.3 is 0 Å². The molecule has 2 atom stereocenters. The molecule has 6 heteroatoms. The van der Waals surface area contributed by atoms with Crippen LogP contribution in [0.5, 0.6) is 0 Å². The first-order chi connectivity index (χ1) is 12.3. The van der Waals surface area contributed by atoms with Crippen LogP contribution in [0.2, 0.25) is 0 Å². The van der Waals surface area contributed by atoms with Crippen LogP contribution in [-0.2, 0) is 11.2 Å². The number of hydrogen-bond donors (Lipinski definition) is 3. The van der Waals surface area contributed by atoms with Crippen molar-refractivity contribution in [1.29, 1.82) is 0 Å². The Kier molecular flexibility index (Phi) is 4.72. The first kappa shape index (κ1) is 16.2. The molecule has 1 fully saturated rings. The molecule has 3 N–H and O–H groups in total. The number of aromatic nitrogens is 2. The summed E-state index contributed by atoms with van der Waals surface area (Å²) < 4.78 is 0. The number of H-pyrrole nitrogens is 1. The van der Waals surface area contributed by atoms with Crippen LogP contribution in [0, 0.1) is 0 Å². The molecule has 3 heterocycles. The fourth-order valence-electron chi connectivity index (χ4n) is 3.13. The van der Waals surface area contributed by atoms with Crippen molar-refractivity contribution in [2.24, 2.45) is 0 Å². The fraction of sp³-hybridized carbons (Fsp3) is 0.263.